The summed E-state index contributed by atoms with van der Waals surface area (Å²) in [4.78, 5) is 12.8. The Morgan fingerprint density at radius 1 is 1.62 bits per heavy atom. The lowest BCUT2D eigenvalue weighted by Crippen LogP contribution is -2.27. The molecule has 0 unspecified atom stereocenters. The first-order valence-corrected chi connectivity index (χ1v) is 4.95. The van der Waals surface area contributed by atoms with Crippen LogP contribution < -0.4 is 0 Å². The minimum atomic E-state index is -0.614. The summed E-state index contributed by atoms with van der Waals surface area (Å²) >= 11 is 0. The second kappa shape index (κ2) is 4.09. The van der Waals surface area contributed by atoms with Crippen LogP contribution >= 0.6 is 0 Å². The number of nitrogens with zero attached hydrogens (tertiary/aromatic N) is 1. The maximum Gasteiger partial charge on any atom is 0.306 e. The van der Waals surface area contributed by atoms with Crippen molar-refractivity contribution in [1.29, 1.82) is 0 Å². The van der Waals surface area contributed by atoms with E-state index < -0.39 is 5.97 Å². The molecule has 3 heteroatoms. The van der Waals surface area contributed by atoms with Crippen LogP contribution in [0.15, 0.2) is 0 Å². The molecule has 0 saturated heterocycles. The molecule has 0 bridgehead atoms. The minimum absolute atomic E-state index is 0.0411. The van der Waals surface area contributed by atoms with Gasteiger partial charge in [0.2, 0.25) is 0 Å². The molecule has 0 aromatic heterocycles. The number of hydrogen-bond donors (Lipinski definition) is 1. The van der Waals surface area contributed by atoms with Crippen molar-refractivity contribution in [2.75, 3.05) is 13.6 Å². The van der Waals surface area contributed by atoms with Crippen LogP contribution in [0.2, 0.25) is 0 Å². The highest BCUT2D eigenvalue weighted by Gasteiger charge is 2.42. The van der Waals surface area contributed by atoms with Gasteiger partial charge in [-0.25, -0.2) is 0 Å². The Hall–Kier alpha value is -0.570. The topological polar surface area (TPSA) is 40.5 Å². The van der Waals surface area contributed by atoms with Gasteiger partial charge in [-0.2, -0.15) is 0 Å². The van der Waals surface area contributed by atoms with E-state index in [1.54, 1.807) is 0 Å². The van der Waals surface area contributed by atoms with Crippen molar-refractivity contribution in [3.63, 3.8) is 0 Å². The first-order valence-electron chi connectivity index (χ1n) is 4.95. The van der Waals surface area contributed by atoms with E-state index in [1.807, 2.05) is 0 Å². The highest BCUT2D eigenvalue weighted by Crippen LogP contribution is 2.41. The van der Waals surface area contributed by atoms with Crippen LogP contribution in [-0.2, 0) is 4.79 Å². The van der Waals surface area contributed by atoms with Gasteiger partial charge in [0.05, 0.1) is 5.92 Å². The van der Waals surface area contributed by atoms with Crippen molar-refractivity contribution in [1.82, 2.24) is 4.90 Å². The van der Waals surface area contributed by atoms with Crippen LogP contribution in [0.1, 0.15) is 26.7 Å². The molecule has 0 heterocycles. The van der Waals surface area contributed by atoms with Crippen molar-refractivity contribution in [3.05, 3.63) is 0 Å². The highest BCUT2D eigenvalue weighted by molar-refractivity contribution is 5.73. The number of rotatable bonds is 5. The Balaban J connectivity index is 2.12. The van der Waals surface area contributed by atoms with E-state index >= 15 is 0 Å². The molecule has 3 nitrogen and oxygen atoms in total. The maximum atomic E-state index is 10.5. The highest BCUT2D eigenvalue weighted by atomic mass is 16.4. The summed E-state index contributed by atoms with van der Waals surface area (Å²) in [5.74, 6) is -0.212. The zero-order valence-electron chi connectivity index (χ0n) is 8.66. The first kappa shape index (κ1) is 10.5. The van der Waals surface area contributed by atoms with Crippen molar-refractivity contribution in [2.24, 2.45) is 11.8 Å². The second-order valence-electron chi connectivity index (χ2n) is 4.30. The fourth-order valence-corrected chi connectivity index (χ4v) is 1.50. The molecular weight excluding hydrogens is 166 g/mol. The number of carboxylic acid groups (broad SMARTS) is 1. The van der Waals surface area contributed by atoms with E-state index in [4.69, 9.17) is 5.11 Å². The summed E-state index contributed by atoms with van der Waals surface area (Å²) in [6.45, 7) is 5.33. The number of aliphatic carboxylic acids is 1. The van der Waals surface area contributed by atoms with Crippen LogP contribution in [0.5, 0.6) is 0 Å². The Kier molecular flexibility index (Phi) is 3.31. The Morgan fingerprint density at radius 3 is 2.62 bits per heavy atom. The molecule has 76 valence electrons. The van der Waals surface area contributed by atoms with E-state index in [9.17, 15) is 4.79 Å². The van der Waals surface area contributed by atoms with Crippen LogP contribution in [-0.4, -0.2) is 35.6 Å². The van der Waals surface area contributed by atoms with Crippen LogP contribution in [0, 0.1) is 11.8 Å². The van der Waals surface area contributed by atoms with Gasteiger partial charge < -0.3 is 10.0 Å². The molecule has 1 aliphatic rings. The van der Waals surface area contributed by atoms with Crippen molar-refractivity contribution < 1.29 is 9.90 Å². The minimum Gasteiger partial charge on any atom is -0.481 e. The molecule has 0 aromatic rings. The average Bonchev–Trinajstić information content (AvgIpc) is 2.78. The Labute approximate surface area is 79.7 Å². The predicted molar refractivity (Wildman–Crippen MR) is 51.6 cm³/mol. The molecule has 0 aliphatic heterocycles. The van der Waals surface area contributed by atoms with Gasteiger partial charge in [-0.1, -0.05) is 0 Å². The quantitative estimate of drug-likeness (QED) is 0.704. The van der Waals surface area contributed by atoms with Gasteiger partial charge >= 0.3 is 5.97 Å². The molecule has 0 aromatic carbocycles. The van der Waals surface area contributed by atoms with Crippen LogP contribution in [0.4, 0.5) is 0 Å². The predicted octanol–water partition coefficient (Wildman–Crippen LogP) is 1.44. The first-order chi connectivity index (χ1) is 6.02. The summed E-state index contributed by atoms with van der Waals surface area (Å²) < 4.78 is 0. The zero-order chi connectivity index (χ0) is 10.0. The molecule has 2 atom stereocenters. The molecular formula is C10H19NO2. The van der Waals surface area contributed by atoms with Gasteiger partial charge in [0.15, 0.2) is 0 Å². The third-order valence-electron chi connectivity index (χ3n) is 2.97. The lowest BCUT2D eigenvalue weighted by atomic mass is 10.2. The van der Waals surface area contributed by atoms with Crippen molar-refractivity contribution >= 4 is 5.97 Å². The summed E-state index contributed by atoms with van der Waals surface area (Å²) in [7, 11) is 2.09. The second-order valence-corrected chi connectivity index (χ2v) is 4.30. The average molecular weight is 185 g/mol. The molecule has 0 radical (unpaired) electrons. The molecule has 0 spiro atoms. The Bertz CT molecular complexity index is 191. The molecule has 0 amide bonds. The number of carboxylic acids is 1. The monoisotopic (exact) mass is 185 g/mol. The van der Waals surface area contributed by atoms with E-state index in [0.717, 1.165) is 19.4 Å². The largest absolute Gasteiger partial charge is 0.481 e. The molecule has 1 N–H and O–H groups in total. The number of carbonyl (C=O) groups is 1. The lowest BCUT2D eigenvalue weighted by molar-refractivity contribution is -0.138. The Morgan fingerprint density at radius 2 is 2.23 bits per heavy atom. The molecule has 1 fully saturated rings. The van der Waals surface area contributed by atoms with Gasteiger partial charge in [-0.3, -0.25) is 4.79 Å². The standard InChI is InChI=1S/C10H19NO2/c1-7(2)11(3)5-4-8-6-9(8)10(12)13/h7-9H,4-6H2,1-3H3,(H,12,13)/t8-,9-/m1/s1. The van der Waals surface area contributed by atoms with Gasteiger partial charge in [-0.05, 0) is 46.2 Å². The van der Waals surface area contributed by atoms with Crippen molar-refractivity contribution in [3.8, 4) is 0 Å². The normalized spacial score (nSPS) is 26.8. The zero-order valence-corrected chi connectivity index (χ0v) is 8.66. The van der Waals surface area contributed by atoms with E-state index in [0.29, 0.717) is 12.0 Å². The van der Waals surface area contributed by atoms with Crippen molar-refractivity contribution in [2.45, 2.75) is 32.7 Å². The van der Waals surface area contributed by atoms with E-state index in [1.165, 1.54) is 0 Å². The smallest absolute Gasteiger partial charge is 0.306 e. The SMILES string of the molecule is CC(C)N(C)CC[C@@H]1C[C@H]1C(=O)O. The molecule has 1 saturated carbocycles. The van der Waals surface area contributed by atoms with Gasteiger partial charge in [0.25, 0.3) is 0 Å². The number of hydrogen-bond acceptors (Lipinski definition) is 2. The van der Waals surface area contributed by atoms with Gasteiger partial charge in [0.1, 0.15) is 0 Å². The van der Waals surface area contributed by atoms with Gasteiger partial charge in [-0.15, -0.1) is 0 Å². The van der Waals surface area contributed by atoms with E-state index in [-0.39, 0.29) is 5.92 Å². The molecule has 1 rings (SSSR count). The third kappa shape index (κ3) is 2.99. The summed E-state index contributed by atoms with van der Waals surface area (Å²) in [6.07, 6.45) is 1.92. The maximum absolute atomic E-state index is 10.5. The fraction of sp³-hybridized carbons (Fsp3) is 0.900. The summed E-state index contributed by atoms with van der Waals surface area (Å²) in [5.41, 5.74) is 0. The van der Waals surface area contributed by atoms with Crippen LogP contribution in [0.3, 0.4) is 0 Å². The fourth-order valence-electron chi connectivity index (χ4n) is 1.50. The van der Waals surface area contributed by atoms with Crippen LogP contribution in [0.25, 0.3) is 0 Å². The lowest BCUT2D eigenvalue weighted by Gasteiger charge is -2.20. The molecule has 1 aliphatic carbocycles. The third-order valence-corrected chi connectivity index (χ3v) is 2.97. The summed E-state index contributed by atoms with van der Waals surface area (Å²) in [6, 6.07) is 0.557. The summed E-state index contributed by atoms with van der Waals surface area (Å²) in [5, 5.41) is 8.68. The van der Waals surface area contributed by atoms with E-state index in [2.05, 4.69) is 25.8 Å². The molecule has 13 heavy (non-hydrogen) atoms. The van der Waals surface area contributed by atoms with Gasteiger partial charge in [0, 0.05) is 6.04 Å².